The third-order valence-corrected chi connectivity index (χ3v) is 3.69. The molecule has 0 spiro atoms. The number of anilines is 1. The number of hydrogen-bond acceptors (Lipinski definition) is 4. The summed E-state index contributed by atoms with van der Waals surface area (Å²) in [7, 11) is 0. The minimum absolute atomic E-state index is 0.0574. The molecule has 1 atom stereocenters. The number of H-pyrrole nitrogens is 1. The van der Waals surface area contributed by atoms with Gasteiger partial charge in [-0.3, -0.25) is 4.79 Å². The predicted octanol–water partition coefficient (Wildman–Crippen LogP) is 2.12. The number of nitrogens with one attached hydrogen (secondary N) is 1. The second-order valence-electron chi connectivity index (χ2n) is 5.32. The highest BCUT2D eigenvalue weighted by Crippen LogP contribution is 2.33. The second-order valence-corrected chi connectivity index (χ2v) is 5.32. The van der Waals surface area contributed by atoms with Gasteiger partial charge >= 0.3 is 0 Å². The van der Waals surface area contributed by atoms with Crippen LogP contribution < -0.4 is 10.3 Å². The molecule has 1 unspecified atom stereocenters. The lowest BCUT2D eigenvalue weighted by atomic mass is 10.1. The number of aromatic amines is 1. The maximum atomic E-state index is 11.7. The van der Waals surface area contributed by atoms with Crippen molar-refractivity contribution in [1.29, 1.82) is 0 Å². The summed E-state index contributed by atoms with van der Waals surface area (Å²) in [6.45, 7) is 4.83. The number of pyridine rings is 1. The van der Waals surface area contributed by atoms with Crippen LogP contribution >= 0.6 is 0 Å². The Balaban J connectivity index is 1.98. The lowest BCUT2D eigenvalue weighted by Crippen LogP contribution is -2.25. The van der Waals surface area contributed by atoms with E-state index < -0.39 is 0 Å². The highest BCUT2D eigenvalue weighted by molar-refractivity contribution is 5.43. The van der Waals surface area contributed by atoms with E-state index in [0.717, 1.165) is 42.3 Å². The van der Waals surface area contributed by atoms with Gasteiger partial charge < -0.3 is 9.88 Å². The molecule has 1 fully saturated rings. The Bertz CT molecular complexity index is 680. The summed E-state index contributed by atoms with van der Waals surface area (Å²) >= 11 is 0. The quantitative estimate of drug-likeness (QED) is 0.908. The lowest BCUT2D eigenvalue weighted by molar-refractivity contribution is 0.682. The van der Waals surface area contributed by atoms with Crippen LogP contribution in [-0.2, 0) is 0 Å². The first-order valence-corrected chi connectivity index (χ1v) is 6.89. The van der Waals surface area contributed by atoms with Crippen LogP contribution in [0.4, 0.5) is 5.82 Å². The van der Waals surface area contributed by atoms with Gasteiger partial charge in [-0.25, -0.2) is 9.97 Å². The third kappa shape index (κ3) is 2.43. The maximum Gasteiger partial charge on any atom is 0.182 e. The molecule has 104 valence electrons. The summed E-state index contributed by atoms with van der Waals surface area (Å²) in [6.07, 6.45) is 3.73. The average Bonchev–Trinajstić information content (AvgIpc) is 2.86. The molecule has 3 heterocycles. The molecule has 0 radical (unpaired) electrons. The van der Waals surface area contributed by atoms with Gasteiger partial charge in [0.1, 0.15) is 12.1 Å². The number of hydrogen-bond donors (Lipinski definition) is 1. The fraction of sp³-hybridized carbons (Fsp3) is 0.400. The highest BCUT2D eigenvalue weighted by atomic mass is 16.1. The number of rotatable bonds is 2. The van der Waals surface area contributed by atoms with Gasteiger partial charge in [0.15, 0.2) is 5.43 Å². The molecule has 0 aromatic carbocycles. The van der Waals surface area contributed by atoms with Crippen LogP contribution in [0.5, 0.6) is 0 Å². The first-order chi connectivity index (χ1) is 9.63. The van der Waals surface area contributed by atoms with Crippen LogP contribution in [0.3, 0.4) is 0 Å². The fourth-order valence-electron chi connectivity index (χ4n) is 2.85. The monoisotopic (exact) mass is 270 g/mol. The van der Waals surface area contributed by atoms with Crippen LogP contribution in [0.2, 0.25) is 0 Å². The minimum Gasteiger partial charge on any atom is -0.361 e. The molecule has 5 heteroatoms. The number of aryl methyl sites for hydroxylation is 2. The van der Waals surface area contributed by atoms with E-state index >= 15 is 0 Å². The first kappa shape index (κ1) is 12.8. The number of nitrogens with zero attached hydrogens (tertiary/aromatic N) is 3. The highest BCUT2D eigenvalue weighted by Gasteiger charge is 2.28. The van der Waals surface area contributed by atoms with Gasteiger partial charge in [-0.15, -0.1) is 0 Å². The molecule has 1 N–H and O–H groups in total. The standard InChI is InChI=1S/C15H18N4O/c1-10-7-15(17-9-16-10)19-5-3-4-14(19)13-8-12(20)6-11(2)18-13/h6-9,14H,3-5H2,1-2H3,(H,18,20). The molecule has 1 saturated heterocycles. The molecular formula is C15H18N4O. The molecule has 0 aliphatic carbocycles. The molecule has 2 aromatic rings. The van der Waals surface area contributed by atoms with Gasteiger partial charge in [-0.2, -0.15) is 0 Å². The topological polar surface area (TPSA) is 61.9 Å². The Morgan fingerprint density at radius 2 is 2.10 bits per heavy atom. The Morgan fingerprint density at radius 1 is 1.25 bits per heavy atom. The molecule has 20 heavy (non-hydrogen) atoms. The van der Waals surface area contributed by atoms with Crippen LogP contribution in [0.25, 0.3) is 0 Å². The lowest BCUT2D eigenvalue weighted by Gasteiger charge is -2.26. The van der Waals surface area contributed by atoms with E-state index in [1.807, 2.05) is 19.9 Å². The SMILES string of the molecule is Cc1cc(N2CCCC2c2cc(=O)cc(C)[nH]2)ncn1. The predicted molar refractivity (Wildman–Crippen MR) is 77.9 cm³/mol. The van der Waals surface area contributed by atoms with Crippen molar-refractivity contribution < 1.29 is 0 Å². The molecule has 1 aliphatic rings. The van der Waals surface area contributed by atoms with E-state index in [9.17, 15) is 4.79 Å². The Morgan fingerprint density at radius 3 is 2.85 bits per heavy atom. The summed E-state index contributed by atoms with van der Waals surface area (Å²) in [5, 5.41) is 0. The fourth-order valence-corrected chi connectivity index (χ4v) is 2.85. The van der Waals surface area contributed by atoms with Gasteiger partial charge in [0, 0.05) is 41.8 Å². The Hall–Kier alpha value is -2.17. The van der Waals surface area contributed by atoms with Crippen molar-refractivity contribution in [2.75, 3.05) is 11.4 Å². The molecular weight excluding hydrogens is 252 g/mol. The van der Waals surface area contributed by atoms with Crippen LogP contribution in [0, 0.1) is 13.8 Å². The third-order valence-electron chi connectivity index (χ3n) is 3.69. The molecule has 5 nitrogen and oxygen atoms in total. The van der Waals surface area contributed by atoms with Crippen LogP contribution in [0.1, 0.15) is 36.0 Å². The van der Waals surface area contributed by atoms with E-state index in [2.05, 4.69) is 19.9 Å². The van der Waals surface area contributed by atoms with E-state index in [0.29, 0.717) is 0 Å². The largest absolute Gasteiger partial charge is 0.361 e. The van der Waals surface area contributed by atoms with Gasteiger partial charge in [0.2, 0.25) is 0 Å². The van der Waals surface area contributed by atoms with Gasteiger partial charge in [0.05, 0.1) is 6.04 Å². The zero-order chi connectivity index (χ0) is 14.1. The van der Waals surface area contributed by atoms with Crippen molar-refractivity contribution in [3.05, 3.63) is 51.8 Å². The van der Waals surface area contributed by atoms with Crippen molar-refractivity contribution in [2.45, 2.75) is 32.7 Å². The Kier molecular flexibility index (Phi) is 3.26. The summed E-state index contributed by atoms with van der Waals surface area (Å²) < 4.78 is 0. The van der Waals surface area contributed by atoms with Crippen molar-refractivity contribution in [3.63, 3.8) is 0 Å². The molecule has 0 saturated carbocycles. The smallest absolute Gasteiger partial charge is 0.182 e. The number of aromatic nitrogens is 3. The normalized spacial score (nSPS) is 18.5. The minimum atomic E-state index is 0.0574. The molecule has 0 bridgehead atoms. The molecule has 0 amide bonds. The van der Waals surface area contributed by atoms with E-state index in [-0.39, 0.29) is 11.5 Å². The summed E-state index contributed by atoms with van der Waals surface area (Å²) in [5.74, 6) is 0.933. The van der Waals surface area contributed by atoms with Crippen molar-refractivity contribution in [2.24, 2.45) is 0 Å². The van der Waals surface area contributed by atoms with E-state index in [4.69, 9.17) is 0 Å². The second kappa shape index (κ2) is 5.07. The molecule has 2 aromatic heterocycles. The van der Waals surface area contributed by atoms with Crippen LogP contribution in [-0.4, -0.2) is 21.5 Å². The average molecular weight is 270 g/mol. The van der Waals surface area contributed by atoms with Gasteiger partial charge in [0.25, 0.3) is 0 Å². The summed E-state index contributed by atoms with van der Waals surface area (Å²) in [5.41, 5.74) is 2.89. The summed E-state index contributed by atoms with van der Waals surface area (Å²) in [6, 6.07) is 5.50. The molecule has 1 aliphatic heterocycles. The van der Waals surface area contributed by atoms with E-state index in [1.165, 1.54) is 0 Å². The summed E-state index contributed by atoms with van der Waals surface area (Å²) in [4.78, 5) is 25.8. The van der Waals surface area contributed by atoms with Gasteiger partial charge in [-0.05, 0) is 26.7 Å². The van der Waals surface area contributed by atoms with Crippen molar-refractivity contribution in [1.82, 2.24) is 15.0 Å². The van der Waals surface area contributed by atoms with Crippen LogP contribution in [0.15, 0.2) is 29.3 Å². The zero-order valence-corrected chi connectivity index (χ0v) is 11.8. The van der Waals surface area contributed by atoms with Crippen molar-refractivity contribution >= 4 is 5.82 Å². The molecule has 3 rings (SSSR count). The maximum absolute atomic E-state index is 11.7. The first-order valence-electron chi connectivity index (χ1n) is 6.89. The van der Waals surface area contributed by atoms with Gasteiger partial charge in [-0.1, -0.05) is 0 Å². The van der Waals surface area contributed by atoms with Crippen molar-refractivity contribution in [3.8, 4) is 0 Å². The Labute approximate surface area is 117 Å². The van der Waals surface area contributed by atoms with E-state index in [1.54, 1.807) is 18.5 Å². The zero-order valence-electron chi connectivity index (χ0n) is 11.8.